The van der Waals surface area contributed by atoms with Crippen molar-refractivity contribution in [2.75, 3.05) is 6.54 Å². The number of carbonyl (C=O) groups is 2. The average Bonchev–Trinajstić information content (AvgIpc) is 2.61. The van der Waals surface area contributed by atoms with Gasteiger partial charge in [-0.15, -0.1) is 0 Å². The van der Waals surface area contributed by atoms with E-state index in [2.05, 4.69) is 10.5 Å². The standard InChI is InChI=1S/C13H18N2O4/c1-8-11(9(2)19-15-8)12(18)14-7-13(4-3-5-13)6-10(16)17/h3-7H2,1-2H3,(H,14,18)(H,16,17). The number of aromatic nitrogens is 1. The van der Waals surface area contributed by atoms with Gasteiger partial charge in [-0.3, -0.25) is 9.59 Å². The van der Waals surface area contributed by atoms with Crippen LogP contribution in [0.15, 0.2) is 4.52 Å². The highest BCUT2D eigenvalue weighted by molar-refractivity contribution is 5.96. The molecule has 2 N–H and O–H groups in total. The monoisotopic (exact) mass is 266 g/mol. The highest BCUT2D eigenvalue weighted by atomic mass is 16.5. The minimum absolute atomic E-state index is 0.106. The summed E-state index contributed by atoms with van der Waals surface area (Å²) in [4.78, 5) is 22.9. The van der Waals surface area contributed by atoms with Crippen molar-refractivity contribution in [3.05, 3.63) is 17.0 Å². The lowest BCUT2D eigenvalue weighted by molar-refractivity contribution is -0.141. The van der Waals surface area contributed by atoms with E-state index in [0.29, 0.717) is 23.6 Å². The maximum atomic E-state index is 12.1. The van der Waals surface area contributed by atoms with Gasteiger partial charge in [0.2, 0.25) is 0 Å². The fraction of sp³-hybridized carbons (Fsp3) is 0.615. The Hall–Kier alpha value is -1.85. The van der Waals surface area contributed by atoms with E-state index >= 15 is 0 Å². The van der Waals surface area contributed by atoms with E-state index < -0.39 is 5.97 Å². The molecular weight excluding hydrogens is 248 g/mol. The van der Waals surface area contributed by atoms with Gasteiger partial charge in [-0.05, 0) is 32.1 Å². The first-order chi connectivity index (χ1) is 8.93. The number of hydrogen-bond donors (Lipinski definition) is 2. The molecule has 19 heavy (non-hydrogen) atoms. The normalized spacial score (nSPS) is 16.7. The maximum Gasteiger partial charge on any atom is 0.303 e. The number of hydrogen-bond acceptors (Lipinski definition) is 4. The van der Waals surface area contributed by atoms with Crippen molar-refractivity contribution in [3.8, 4) is 0 Å². The Morgan fingerprint density at radius 1 is 1.42 bits per heavy atom. The Morgan fingerprint density at radius 3 is 2.53 bits per heavy atom. The second-order valence-electron chi connectivity index (χ2n) is 5.31. The third-order valence-electron chi connectivity index (χ3n) is 3.82. The van der Waals surface area contributed by atoms with Gasteiger partial charge in [0.25, 0.3) is 5.91 Å². The van der Waals surface area contributed by atoms with Gasteiger partial charge in [-0.2, -0.15) is 0 Å². The molecule has 1 saturated carbocycles. The van der Waals surface area contributed by atoms with Gasteiger partial charge in [0.1, 0.15) is 11.3 Å². The van der Waals surface area contributed by atoms with Crippen LogP contribution in [0.2, 0.25) is 0 Å². The molecular formula is C13H18N2O4. The number of nitrogens with zero attached hydrogens (tertiary/aromatic N) is 1. The zero-order chi connectivity index (χ0) is 14.0. The summed E-state index contributed by atoms with van der Waals surface area (Å²) in [5.74, 6) is -0.574. The number of carboxylic acids is 1. The van der Waals surface area contributed by atoms with Crippen molar-refractivity contribution in [3.63, 3.8) is 0 Å². The molecule has 1 aliphatic carbocycles. The second kappa shape index (κ2) is 5.03. The van der Waals surface area contributed by atoms with Crippen LogP contribution >= 0.6 is 0 Å². The van der Waals surface area contributed by atoms with Gasteiger partial charge < -0.3 is 14.9 Å². The molecule has 0 aromatic carbocycles. The molecule has 1 amide bonds. The SMILES string of the molecule is Cc1noc(C)c1C(=O)NCC1(CC(=O)O)CCC1. The number of aryl methyl sites for hydroxylation is 2. The number of rotatable bonds is 5. The molecule has 1 fully saturated rings. The summed E-state index contributed by atoms with van der Waals surface area (Å²) in [6.45, 7) is 3.79. The Morgan fingerprint density at radius 2 is 2.11 bits per heavy atom. The third-order valence-corrected chi connectivity index (χ3v) is 3.82. The van der Waals surface area contributed by atoms with Crippen molar-refractivity contribution in [1.29, 1.82) is 0 Å². The van der Waals surface area contributed by atoms with Crippen molar-refractivity contribution in [2.24, 2.45) is 5.41 Å². The Labute approximate surface area is 111 Å². The molecule has 0 atom stereocenters. The van der Waals surface area contributed by atoms with E-state index in [-0.39, 0.29) is 17.7 Å². The predicted octanol–water partition coefficient (Wildman–Crippen LogP) is 1.67. The van der Waals surface area contributed by atoms with Gasteiger partial charge >= 0.3 is 5.97 Å². The van der Waals surface area contributed by atoms with Crippen LogP contribution < -0.4 is 5.32 Å². The molecule has 104 valence electrons. The van der Waals surface area contributed by atoms with Crippen LogP contribution in [-0.2, 0) is 4.79 Å². The molecule has 6 nitrogen and oxygen atoms in total. The van der Waals surface area contributed by atoms with Gasteiger partial charge in [0.15, 0.2) is 0 Å². The minimum Gasteiger partial charge on any atom is -0.481 e. The molecule has 2 rings (SSSR count). The summed E-state index contributed by atoms with van der Waals surface area (Å²) in [5.41, 5.74) is 0.723. The molecule has 1 heterocycles. The maximum absolute atomic E-state index is 12.1. The van der Waals surface area contributed by atoms with Gasteiger partial charge in [-0.1, -0.05) is 11.6 Å². The molecule has 0 radical (unpaired) electrons. The second-order valence-corrected chi connectivity index (χ2v) is 5.31. The van der Waals surface area contributed by atoms with Crippen molar-refractivity contribution < 1.29 is 19.2 Å². The molecule has 0 saturated heterocycles. The number of carbonyl (C=O) groups excluding carboxylic acids is 1. The van der Waals surface area contributed by atoms with Crippen LogP contribution in [0.5, 0.6) is 0 Å². The van der Waals surface area contributed by atoms with Gasteiger partial charge in [0, 0.05) is 6.54 Å². The van der Waals surface area contributed by atoms with Crippen molar-refractivity contribution >= 4 is 11.9 Å². The quantitative estimate of drug-likeness (QED) is 0.845. The predicted molar refractivity (Wildman–Crippen MR) is 66.8 cm³/mol. The highest BCUT2D eigenvalue weighted by Crippen LogP contribution is 2.43. The van der Waals surface area contributed by atoms with Crippen LogP contribution in [-0.4, -0.2) is 28.7 Å². The number of carboxylic acid groups (broad SMARTS) is 1. The molecule has 1 aromatic rings. The van der Waals surface area contributed by atoms with E-state index in [1.165, 1.54) is 0 Å². The van der Waals surface area contributed by atoms with E-state index in [0.717, 1.165) is 19.3 Å². The fourth-order valence-electron chi connectivity index (χ4n) is 2.58. The average molecular weight is 266 g/mol. The lowest BCUT2D eigenvalue weighted by Crippen LogP contribution is -2.43. The summed E-state index contributed by atoms with van der Waals surface area (Å²) in [6, 6.07) is 0. The molecule has 1 aromatic heterocycles. The zero-order valence-electron chi connectivity index (χ0n) is 11.2. The number of aliphatic carboxylic acids is 1. The van der Waals surface area contributed by atoms with E-state index in [1.807, 2.05) is 0 Å². The zero-order valence-corrected chi connectivity index (χ0v) is 11.2. The van der Waals surface area contributed by atoms with Gasteiger partial charge in [0.05, 0.1) is 12.1 Å². The smallest absolute Gasteiger partial charge is 0.303 e. The Balaban J connectivity index is 1.98. The fourth-order valence-corrected chi connectivity index (χ4v) is 2.58. The van der Waals surface area contributed by atoms with Crippen LogP contribution in [0.25, 0.3) is 0 Å². The van der Waals surface area contributed by atoms with Crippen LogP contribution in [0, 0.1) is 19.3 Å². The summed E-state index contributed by atoms with van der Waals surface area (Å²) in [7, 11) is 0. The van der Waals surface area contributed by atoms with E-state index in [4.69, 9.17) is 9.63 Å². The molecule has 0 unspecified atom stereocenters. The lowest BCUT2D eigenvalue weighted by Gasteiger charge is -2.40. The minimum atomic E-state index is -0.814. The molecule has 1 aliphatic rings. The number of nitrogens with one attached hydrogen (secondary N) is 1. The van der Waals surface area contributed by atoms with Crippen molar-refractivity contribution in [1.82, 2.24) is 10.5 Å². The van der Waals surface area contributed by atoms with Crippen LogP contribution in [0.1, 0.15) is 47.5 Å². The summed E-state index contributed by atoms with van der Waals surface area (Å²) in [6.07, 6.45) is 2.83. The first-order valence-electron chi connectivity index (χ1n) is 6.36. The Kier molecular flexibility index (Phi) is 3.59. The van der Waals surface area contributed by atoms with Crippen molar-refractivity contribution in [2.45, 2.75) is 39.5 Å². The largest absolute Gasteiger partial charge is 0.481 e. The van der Waals surface area contributed by atoms with E-state index in [9.17, 15) is 9.59 Å². The third kappa shape index (κ3) is 2.77. The lowest BCUT2D eigenvalue weighted by atomic mass is 9.66. The molecule has 6 heteroatoms. The number of amides is 1. The molecule has 0 spiro atoms. The van der Waals surface area contributed by atoms with Crippen LogP contribution in [0.3, 0.4) is 0 Å². The summed E-state index contributed by atoms with van der Waals surface area (Å²) < 4.78 is 4.95. The van der Waals surface area contributed by atoms with Gasteiger partial charge in [-0.25, -0.2) is 0 Å². The van der Waals surface area contributed by atoms with E-state index in [1.54, 1.807) is 13.8 Å². The first kappa shape index (κ1) is 13.6. The Bertz CT molecular complexity index is 483. The summed E-state index contributed by atoms with van der Waals surface area (Å²) in [5, 5.41) is 15.5. The highest BCUT2D eigenvalue weighted by Gasteiger charge is 2.39. The molecule has 0 bridgehead atoms. The van der Waals surface area contributed by atoms with Crippen LogP contribution in [0.4, 0.5) is 0 Å². The first-order valence-corrected chi connectivity index (χ1v) is 6.36. The topological polar surface area (TPSA) is 92.4 Å². The summed E-state index contributed by atoms with van der Waals surface area (Å²) >= 11 is 0. The molecule has 0 aliphatic heterocycles.